The quantitative estimate of drug-likeness (QED) is 0.266. The molecule has 0 saturated carbocycles. The van der Waals surface area contributed by atoms with Gasteiger partial charge in [0.15, 0.2) is 0 Å². The summed E-state index contributed by atoms with van der Waals surface area (Å²) in [4.78, 5) is 28.3. The average molecular weight is 540 g/mol. The molecule has 3 aromatic carbocycles. The van der Waals surface area contributed by atoms with Crippen LogP contribution in [-0.4, -0.2) is 44.8 Å². The van der Waals surface area contributed by atoms with Crippen molar-refractivity contribution in [2.45, 2.75) is 32.6 Å². The third kappa shape index (κ3) is 8.32. The number of amides is 3. The molecule has 0 unspecified atom stereocenters. The molecule has 4 rings (SSSR count). The predicted molar refractivity (Wildman–Crippen MR) is 159 cm³/mol. The van der Waals surface area contributed by atoms with E-state index in [-0.39, 0.29) is 5.91 Å². The largest absolute Gasteiger partial charge is 0.382 e. The fourth-order valence-corrected chi connectivity index (χ4v) is 4.97. The number of carbonyl (C=O) groups excluding carboxylic acids is 2. The Kier molecular flexibility index (Phi) is 10.5. The normalized spacial score (nSPS) is 13.3. The minimum Gasteiger partial charge on any atom is -0.382 e. The number of hydrogen-bond donors (Lipinski definition) is 3. The van der Waals surface area contributed by atoms with Crippen molar-refractivity contribution in [3.8, 4) is 6.07 Å². The standard InChI is InChI=1S/C32H37N5O3/c1-2-40-19-7-16-34-31(38)29-22-28(36-32(39)35-27-11-6-10-26(21-27)23-33)12-13-30(29)37-17-14-25(15-18-37)20-24-8-4-3-5-9-24/h3-6,8-13,21-22,25H,2,7,14-20H2,1H3,(H,34,38)(H2,35,36,39). The van der Waals surface area contributed by atoms with E-state index in [2.05, 4.69) is 51.2 Å². The molecular formula is C32H37N5O3. The van der Waals surface area contributed by atoms with Crippen molar-refractivity contribution in [1.82, 2.24) is 5.32 Å². The lowest BCUT2D eigenvalue weighted by Gasteiger charge is -2.35. The zero-order valence-electron chi connectivity index (χ0n) is 23.0. The molecule has 0 aromatic heterocycles. The molecule has 0 atom stereocenters. The van der Waals surface area contributed by atoms with E-state index in [1.54, 1.807) is 30.3 Å². The van der Waals surface area contributed by atoms with Crippen molar-refractivity contribution >= 4 is 29.0 Å². The van der Waals surface area contributed by atoms with Crippen LogP contribution in [0, 0.1) is 17.2 Å². The number of rotatable bonds is 11. The van der Waals surface area contributed by atoms with Crippen LogP contribution in [0.3, 0.4) is 0 Å². The number of nitrogens with zero attached hydrogens (tertiary/aromatic N) is 2. The first kappa shape index (κ1) is 28.7. The maximum atomic E-state index is 13.3. The van der Waals surface area contributed by atoms with Crippen LogP contribution >= 0.6 is 0 Å². The fourth-order valence-electron chi connectivity index (χ4n) is 4.97. The second kappa shape index (κ2) is 14.7. The third-order valence-corrected chi connectivity index (χ3v) is 7.03. The molecule has 1 fully saturated rings. The van der Waals surface area contributed by atoms with Gasteiger partial charge in [0.1, 0.15) is 0 Å². The van der Waals surface area contributed by atoms with Gasteiger partial charge in [-0.05, 0) is 80.5 Å². The summed E-state index contributed by atoms with van der Waals surface area (Å²) in [6, 6.07) is 24.4. The van der Waals surface area contributed by atoms with Crippen molar-refractivity contribution in [2.75, 3.05) is 48.4 Å². The highest BCUT2D eigenvalue weighted by molar-refractivity contribution is 6.04. The van der Waals surface area contributed by atoms with Crippen molar-refractivity contribution in [3.05, 3.63) is 89.5 Å². The molecule has 208 valence electrons. The highest BCUT2D eigenvalue weighted by Crippen LogP contribution is 2.30. The number of ether oxygens (including phenoxy) is 1. The molecule has 0 spiro atoms. The van der Waals surface area contributed by atoms with Gasteiger partial charge >= 0.3 is 6.03 Å². The van der Waals surface area contributed by atoms with Crippen molar-refractivity contribution in [3.63, 3.8) is 0 Å². The summed E-state index contributed by atoms with van der Waals surface area (Å²) in [6.07, 6.45) is 3.89. The Morgan fingerprint density at radius 2 is 1.73 bits per heavy atom. The summed E-state index contributed by atoms with van der Waals surface area (Å²) in [6.45, 7) is 5.42. The number of nitrogens with one attached hydrogen (secondary N) is 3. The van der Waals surface area contributed by atoms with E-state index in [0.717, 1.165) is 44.5 Å². The van der Waals surface area contributed by atoms with E-state index in [1.165, 1.54) is 5.56 Å². The zero-order valence-corrected chi connectivity index (χ0v) is 23.0. The number of carbonyl (C=O) groups is 2. The molecule has 1 heterocycles. The number of hydrogen-bond acceptors (Lipinski definition) is 5. The highest BCUT2D eigenvalue weighted by Gasteiger charge is 2.24. The molecule has 1 saturated heterocycles. The molecule has 40 heavy (non-hydrogen) atoms. The lowest BCUT2D eigenvalue weighted by molar-refractivity contribution is 0.0944. The Morgan fingerprint density at radius 3 is 2.45 bits per heavy atom. The number of anilines is 3. The number of benzene rings is 3. The molecule has 3 amide bonds. The smallest absolute Gasteiger partial charge is 0.323 e. The van der Waals surface area contributed by atoms with Gasteiger partial charge in [-0.3, -0.25) is 4.79 Å². The van der Waals surface area contributed by atoms with E-state index in [1.807, 2.05) is 25.1 Å². The van der Waals surface area contributed by atoms with Gasteiger partial charge in [-0.2, -0.15) is 5.26 Å². The number of nitriles is 1. The van der Waals surface area contributed by atoms with Crippen LogP contribution in [-0.2, 0) is 11.2 Å². The first-order valence-electron chi connectivity index (χ1n) is 13.9. The van der Waals surface area contributed by atoms with Crippen LogP contribution in [0.1, 0.15) is 47.7 Å². The van der Waals surface area contributed by atoms with Crippen LogP contribution in [0.25, 0.3) is 0 Å². The fraction of sp³-hybridized carbons (Fsp3) is 0.344. The van der Waals surface area contributed by atoms with E-state index >= 15 is 0 Å². The second-order valence-electron chi connectivity index (χ2n) is 9.93. The van der Waals surface area contributed by atoms with Crippen LogP contribution in [0.15, 0.2) is 72.8 Å². The molecule has 0 bridgehead atoms. The molecule has 3 aromatic rings. The minimum atomic E-state index is -0.451. The van der Waals surface area contributed by atoms with Gasteiger partial charge in [0.2, 0.25) is 0 Å². The van der Waals surface area contributed by atoms with Gasteiger partial charge in [0, 0.05) is 49.9 Å². The highest BCUT2D eigenvalue weighted by atomic mass is 16.5. The second-order valence-corrected chi connectivity index (χ2v) is 9.93. The maximum absolute atomic E-state index is 13.3. The summed E-state index contributed by atoms with van der Waals surface area (Å²) in [5.41, 5.74) is 4.24. The molecule has 1 aliphatic rings. The van der Waals surface area contributed by atoms with Gasteiger partial charge in [0.25, 0.3) is 5.91 Å². The lowest BCUT2D eigenvalue weighted by atomic mass is 9.89. The first-order valence-corrected chi connectivity index (χ1v) is 13.9. The van der Waals surface area contributed by atoms with Crippen molar-refractivity contribution in [1.29, 1.82) is 5.26 Å². The summed E-state index contributed by atoms with van der Waals surface area (Å²) in [5.74, 6) is 0.433. The predicted octanol–water partition coefficient (Wildman–Crippen LogP) is 5.82. The zero-order chi connectivity index (χ0) is 28.2. The molecule has 3 N–H and O–H groups in total. The third-order valence-electron chi connectivity index (χ3n) is 7.03. The molecule has 8 heteroatoms. The SMILES string of the molecule is CCOCCCNC(=O)c1cc(NC(=O)Nc2cccc(C#N)c2)ccc1N1CCC(Cc2ccccc2)CC1. The minimum absolute atomic E-state index is 0.177. The molecule has 8 nitrogen and oxygen atoms in total. The maximum Gasteiger partial charge on any atom is 0.323 e. The molecule has 1 aliphatic heterocycles. The van der Waals surface area contributed by atoms with Crippen molar-refractivity contribution in [2.24, 2.45) is 5.92 Å². The van der Waals surface area contributed by atoms with Crippen LogP contribution < -0.4 is 20.9 Å². The van der Waals surface area contributed by atoms with E-state index < -0.39 is 6.03 Å². The molecule has 0 radical (unpaired) electrons. The summed E-state index contributed by atoms with van der Waals surface area (Å²) < 4.78 is 5.39. The first-order chi connectivity index (χ1) is 19.6. The van der Waals surface area contributed by atoms with Crippen LogP contribution in [0.2, 0.25) is 0 Å². The Bertz CT molecular complexity index is 1310. The van der Waals surface area contributed by atoms with Gasteiger partial charge in [-0.15, -0.1) is 0 Å². The van der Waals surface area contributed by atoms with Crippen LogP contribution in [0.5, 0.6) is 0 Å². The van der Waals surface area contributed by atoms with Crippen LogP contribution in [0.4, 0.5) is 21.9 Å². The van der Waals surface area contributed by atoms with E-state index in [0.29, 0.717) is 48.2 Å². The van der Waals surface area contributed by atoms with Gasteiger partial charge < -0.3 is 25.6 Å². The van der Waals surface area contributed by atoms with E-state index in [4.69, 9.17) is 10.00 Å². The van der Waals surface area contributed by atoms with Crippen molar-refractivity contribution < 1.29 is 14.3 Å². The number of piperidine rings is 1. The van der Waals surface area contributed by atoms with Gasteiger partial charge in [-0.25, -0.2) is 4.79 Å². The number of urea groups is 1. The Balaban J connectivity index is 1.44. The Morgan fingerprint density at radius 1 is 0.975 bits per heavy atom. The molecular weight excluding hydrogens is 502 g/mol. The lowest BCUT2D eigenvalue weighted by Crippen LogP contribution is -2.36. The molecule has 0 aliphatic carbocycles. The Hall–Kier alpha value is -4.35. The summed E-state index contributed by atoms with van der Waals surface area (Å²) >= 11 is 0. The van der Waals surface area contributed by atoms with Gasteiger partial charge in [0.05, 0.1) is 17.2 Å². The summed E-state index contributed by atoms with van der Waals surface area (Å²) in [5, 5.41) is 17.7. The summed E-state index contributed by atoms with van der Waals surface area (Å²) in [7, 11) is 0. The monoisotopic (exact) mass is 539 g/mol. The van der Waals surface area contributed by atoms with Gasteiger partial charge in [-0.1, -0.05) is 36.4 Å². The topological polar surface area (TPSA) is 106 Å². The van der Waals surface area contributed by atoms with E-state index in [9.17, 15) is 9.59 Å². The Labute approximate surface area is 236 Å². The average Bonchev–Trinajstić information content (AvgIpc) is 2.98.